The SMILES string of the molecule is CC1(C)COC(c2ccc3ccccc3c2Br)=N1. The summed E-state index contributed by atoms with van der Waals surface area (Å²) in [4.78, 5) is 4.62. The molecule has 0 atom stereocenters. The van der Waals surface area contributed by atoms with Crippen molar-refractivity contribution in [2.45, 2.75) is 19.4 Å². The van der Waals surface area contributed by atoms with Crippen molar-refractivity contribution in [2.24, 2.45) is 4.99 Å². The van der Waals surface area contributed by atoms with Crippen LogP contribution in [0.3, 0.4) is 0 Å². The lowest BCUT2D eigenvalue weighted by Crippen LogP contribution is -2.17. The van der Waals surface area contributed by atoms with E-state index in [2.05, 4.69) is 59.0 Å². The molecular formula is C15H14BrNO. The van der Waals surface area contributed by atoms with Crippen molar-refractivity contribution in [3.05, 3.63) is 46.4 Å². The molecule has 1 heterocycles. The van der Waals surface area contributed by atoms with Crippen molar-refractivity contribution in [3.8, 4) is 0 Å². The van der Waals surface area contributed by atoms with Gasteiger partial charge in [-0.1, -0.05) is 30.3 Å². The Balaban J connectivity index is 2.17. The topological polar surface area (TPSA) is 21.6 Å². The Morgan fingerprint density at radius 1 is 1.17 bits per heavy atom. The highest BCUT2D eigenvalue weighted by atomic mass is 79.9. The van der Waals surface area contributed by atoms with Gasteiger partial charge in [0.1, 0.15) is 6.61 Å². The van der Waals surface area contributed by atoms with E-state index in [1.165, 1.54) is 10.8 Å². The van der Waals surface area contributed by atoms with Crippen LogP contribution in [0.4, 0.5) is 0 Å². The van der Waals surface area contributed by atoms with E-state index < -0.39 is 0 Å². The summed E-state index contributed by atoms with van der Waals surface area (Å²) in [5.74, 6) is 0.734. The average Bonchev–Trinajstić information content (AvgIpc) is 2.70. The molecule has 0 aliphatic carbocycles. The van der Waals surface area contributed by atoms with Gasteiger partial charge < -0.3 is 4.74 Å². The van der Waals surface area contributed by atoms with Gasteiger partial charge in [0.2, 0.25) is 5.90 Å². The highest BCUT2D eigenvalue weighted by Gasteiger charge is 2.28. The van der Waals surface area contributed by atoms with Gasteiger partial charge in [0.15, 0.2) is 0 Å². The van der Waals surface area contributed by atoms with Crippen LogP contribution < -0.4 is 0 Å². The van der Waals surface area contributed by atoms with E-state index in [-0.39, 0.29) is 5.54 Å². The van der Waals surface area contributed by atoms with E-state index in [1.54, 1.807) is 0 Å². The maximum absolute atomic E-state index is 5.70. The van der Waals surface area contributed by atoms with Crippen molar-refractivity contribution in [1.82, 2.24) is 0 Å². The Labute approximate surface area is 115 Å². The molecule has 0 fully saturated rings. The quantitative estimate of drug-likeness (QED) is 0.775. The zero-order valence-electron chi connectivity index (χ0n) is 10.4. The molecule has 0 aromatic heterocycles. The Kier molecular flexibility index (Phi) is 2.67. The molecule has 0 radical (unpaired) electrons. The number of hydrogen-bond donors (Lipinski definition) is 0. The van der Waals surface area contributed by atoms with E-state index in [0.717, 1.165) is 15.9 Å². The van der Waals surface area contributed by atoms with E-state index in [1.807, 2.05) is 12.1 Å². The molecule has 0 spiro atoms. The second-order valence-corrected chi connectivity index (χ2v) is 5.96. The molecule has 0 unspecified atom stereocenters. The predicted molar refractivity (Wildman–Crippen MR) is 78.2 cm³/mol. The summed E-state index contributed by atoms with van der Waals surface area (Å²) in [6.07, 6.45) is 0. The first kappa shape index (κ1) is 11.7. The van der Waals surface area contributed by atoms with Gasteiger partial charge in [0, 0.05) is 4.47 Å². The highest BCUT2D eigenvalue weighted by Crippen LogP contribution is 2.31. The first-order chi connectivity index (χ1) is 8.57. The molecule has 0 saturated carbocycles. The van der Waals surface area contributed by atoms with Crippen molar-refractivity contribution in [3.63, 3.8) is 0 Å². The van der Waals surface area contributed by atoms with Crippen LogP contribution in [-0.4, -0.2) is 18.0 Å². The third kappa shape index (κ3) is 1.93. The summed E-state index contributed by atoms with van der Waals surface area (Å²) < 4.78 is 6.76. The van der Waals surface area contributed by atoms with Crippen LogP contribution in [0.15, 0.2) is 45.9 Å². The van der Waals surface area contributed by atoms with Crippen LogP contribution in [0.5, 0.6) is 0 Å². The first-order valence-electron chi connectivity index (χ1n) is 5.97. The summed E-state index contributed by atoms with van der Waals surface area (Å²) in [7, 11) is 0. The lowest BCUT2D eigenvalue weighted by Gasteiger charge is -2.08. The predicted octanol–water partition coefficient (Wildman–Crippen LogP) is 4.16. The first-order valence-corrected chi connectivity index (χ1v) is 6.76. The number of ether oxygens (including phenoxy) is 1. The fourth-order valence-corrected chi connectivity index (χ4v) is 2.78. The molecule has 0 bridgehead atoms. The summed E-state index contributed by atoms with van der Waals surface area (Å²) >= 11 is 3.67. The molecule has 3 heteroatoms. The number of benzene rings is 2. The van der Waals surface area contributed by atoms with E-state index >= 15 is 0 Å². The van der Waals surface area contributed by atoms with Crippen molar-refractivity contribution in [2.75, 3.05) is 6.61 Å². The van der Waals surface area contributed by atoms with E-state index in [4.69, 9.17) is 4.74 Å². The number of hydrogen-bond acceptors (Lipinski definition) is 2. The third-order valence-corrected chi connectivity index (χ3v) is 3.91. The Morgan fingerprint density at radius 3 is 2.67 bits per heavy atom. The standard InChI is InChI=1S/C15H14BrNO/c1-15(2)9-18-14(17-15)12-8-7-10-5-3-4-6-11(10)13(12)16/h3-8H,9H2,1-2H3. The zero-order chi connectivity index (χ0) is 12.8. The lowest BCUT2D eigenvalue weighted by molar-refractivity contribution is 0.279. The third-order valence-electron chi connectivity index (χ3n) is 3.06. The van der Waals surface area contributed by atoms with E-state index in [0.29, 0.717) is 6.61 Å². The summed E-state index contributed by atoms with van der Waals surface area (Å²) in [5.41, 5.74) is 0.903. The van der Waals surface area contributed by atoms with Crippen LogP contribution >= 0.6 is 15.9 Å². The number of halogens is 1. The van der Waals surface area contributed by atoms with Gasteiger partial charge in [-0.05, 0) is 46.6 Å². The van der Waals surface area contributed by atoms with Gasteiger partial charge in [-0.3, -0.25) is 0 Å². The normalized spacial score (nSPS) is 17.6. The van der Waals surface area contributed by atoms with Crippen LogP contribution in [0.2, 0.25) is 0 Å². The number of fused-ring (bicyclic) bond motifs is 1. The summed E-state index contributed by atoms with van der Waals surface area (Å²) in [5, 5.41) is 2.40. The Morgan fingerprint density at radius 2 is 1.94 bits per heavy atom. The molecule has 0 N–H and O–H groups in total. The minimum Gasteiger partial charge on any atom is -0.475 e. The van der Waals surface area contributed by atoms with Crippen molar-refractivity contribution >= 4 is 32.6 Å². The fourth-order valence-electron chi connectivity index (χ4n) is 2.12. The second kappa shape index (κ2) is 4.09. The Bertz CT molecular complexity index is 646. The molecule has 2 aromatic carbocycles. The molecule has 3 rings (SSSR count). The molecule has 1 aliphatic rings. The van der Waals surface area contributed by atoms with Gasteiger partial charge >= 0.3 is 0 Å². The van der Waals surface area contributed by atoms with Crippen LogP contribution in [0.25, 0.3) is 10.8 Å². The van der Waals surface area contributed by atoms with Crippen LogP contribution in [0, 0.1) is 0 Å². The maximum atomic E-state index is 5.70. The second-order valence-electron chi connectivity index (χ2n) is 5.17. The molecule has 2 nitrogen and oxygen atoms in total. The molecule has 18 heavy (non-hydrogen) atoms. The van der Waals surface area contributed by atoms with Crippen LogP contribution in [-0.2, 0) is 4.74 Å². The van der Waals surface area contributed by atoms with Gasteiger partial charge in [-0.2, -0.15) is 0 Å². The van der Waals surface area contributed by atoms with Gasteiger partial charge in [0.05, 0.1) is 11.1 Å². The largest absolute Gasteiger partial charge is 0.475 e. The molecule has 92 valence electrons. The molecule has 1 aliphatic heterocycles. The maximum Gasteiger partial charge on any atom is 0.217 e. The minimum atomic E-state index is -0.125. The monoisotopic (exact) mass is 303 g/mol. The fraction of sp³-hybridized carbons (Fsp3) is 0.267. The molecule has 0 amide bonds. The van der Waals surface area contributed by atoms with Crippen LogP contribution in [0.1, 0.15) is 19.4 Å². The number of nitrogens with zero attached hydrogens (tertiary/aromatic N) is 1. The zero-order valence-corrected chi connectivity index (χ0v) is 12.0. The molecule has 2 aromatic rings. The molecular weight excluding hydrogens is 290 g/mol. The van der Waals surface area contributed by atoms with Gasteiger partial charge in [-0.25, -0.2) is 4.99 Å². The van der Waals surface area contributed by atoms with Crippen molar-refractivity contribution < 1.29 is 4.74 Å². The Hall–Kier alpha value is -1.35. The molecule has 0 saturated heterocycles. The summed E-state index contributed by atoms with van der Waals surface area (Å²) in [6.45, 7) is 4.80. The number of aliphatic imine (C=N–C) groups is 1. The highest BCUT2D eigenvalue weighted by molar-refractivity contribution is 9.10. The van der Waals surface area contributed by atoms with Gasteiger partial charge in [0.25, 0.3) is 0 Å². The van der Waals surface area contributed by atoms with Gasteiger partial charge in [-0.15, -0.1) is 0 Å². The van der Waals surface area contributed by atoms with E-state index in [9.17, 15) is 0 Å². The average molecular weight is 304 g/mol. The van der Waals surface area contributed by atoms with Crippen molar-refractivity contribution in [1.29, 1.82) is 0 Å². The minimum absolute atomic E-state index is 0.125. The smallest absolute Gasteiger partial charge is 0.217 e. The number of rotatable bonds is 1. The summed E-state index contributed by atoms with van der Waals surface area (Å²) in [6, 6.07) is 12.5. The lowest BCUT2D eigenvalue weighted by atomic mass is 10.1.